The number of rotatable bonds is 3. The Labute approximate surface area is 118 Å². The van der Waals surface area contributed by atoms with E-state index in [1.54, 1.807) is 12.1 Å². The molecule has 2 aromatic carbocycles. The van der Waals surface area contributed by atoms with Crippen LogP contribution >= 0.6 is 0 Å². The van der Waals surface area contributed by atoms with Crippen LogP contribution in [0, 0.1) is 15.9 Å². The Morgan fingerprint density at radius 2 is 1.62 bits per heavy atom. The van der Waals surface area contributed by atoms with Gasteiger partial charge >= 0.3 is 0 Å². The molecule has 0 aliphatic carbocycles. The summed E-state index contributed by atoms with van der Waals surface area (Å²) in [5.41, 5.74) is 1.17. The summed E-state index contributed by atoms with van der Waals surface area (Å²) in [4.78, 5) is 14.3. The Hall–Kier alpha value is -3.09. The zero-order valence-electron chi connectivity index (χ0n) is 10.6. The molecule has 0 aliphatic rings. The van der Waals surface area contributed by atoms with Crippen molar-refractivity contribution in [2.75, 3.05) is 0 Å². The molecule has 6 nitrogen and oxygen atoms in total. The maximum absolute atomic E-state index is 12.9. The van der Waals surface area contributed by atoms with E-state index in [-0.39, 0.29) is 17.4 Å². The van der Waals surface area contributed by atoms with Gasteiger partial charge in [0, 0.05) is 23.3 Å². The van der Waals surface area contributed by atoms with Gasteiger partial charge in [-0.05, 0) is 36.4 Å². The van der Waals surface area contributed by atoms with E-state index in [2.05, 4.69) is 10.1 Å². The highest BCUT2D eigenvalue weighted by molar-refractivity contribution is 5.60. The lowest BCUT2D eigenvalue weighted by Crippen LogP contribution is -1.87. The number of nitrogens with zero attached hydrogens (tertiary/aromatic N) is 3. The van der Waals surface area contributed by atoms with Gasteiger partial charge in [0.2, 0.25) is 5.82 Å². The van der Waals surface area contributed by atoms with Crippen LogP contribution < -0.4 is 0 Å². The summed E-state index contributed by atoms with van der Waals surface area (Å²) in [5, 5.41) is 14.4. The number of benzene rings is 2. The molecule has 1 heterocycles. The van der Waals surface area contributed by atoms with E-state index in [4.69, 9.17) is 4.52 Å². The van der Waals surface area contributed by atoms with Crippen LogP contribution in [0.3, 0.4) is 0 Å². The van der Waals surface area contributed by atoms with Crippen LogP contribution in [-0.2, 0) is 0 Å². The third-order valence-corrected chi connectivity index (χ3v) is 2.85. The zero-order valence-corrected chi connectivity index (χ0v) is 10.6. The van der Waals surface area contributed by atoms with Gasteiger partial charge in [0.15, 0.2) is 0 Å². The molecule has 0 aliphatic heterocycles. The Kier molecular flexibility index (Phi) is 3.15. The predicted molar refractivity (Wildman–Crippen MR) is 71.8 cm³/mol. The third-order valence-electron chi connectivity index (χ3n) is 2.85. The van der Waals surface area contributed by atoms with Crippen LogP contribution in [0.5, 0.6) is 0 Å². The Morgan fingerprint density at radius 3 is 2.24 bits per heavy atom. The van der Waals surface area contributed by atoms with Gasteiger partial charge in [-0.3, -0.25) is 10.1 Å². The van der Waals surface area contributed by atoms with Crippen molar-refractivity contribution in [2.24, 2.45) is 0 Å². The Balaban J connectivity index is 1.90. The highest BCUT2D eigenvalue weighted by Gasteiger charge is 2.12. The lowest BCUT2D eigenvalue weighted by Gasteiger charge is -1.94. The summed E-state index contributed by atoms with van der Waals surface area (Å²) in [7, 11) is 0. The number of hydrogen-bond donors (Lipinski definition) is 0. The maximum Gasteiger partial charge on any atom is 0.269 e. The SMILES string of the molecule is O=[N+]([O-])c1ccc(-c2nc(-c3ccc(F)cc3)no2)cc1. The molecule has 0 fully saturated rings. The second kappa shape index (κ2) is 5.12. The molecule has 1 aromatic heterocycles. The molecule has 0 atom stereocenters. The van der Waals surface area contributed by atoms with Crippen LogP contribution in [0.25, 0.3) is 22.8 Å². The van der Waals surface area contributed by atoms with Crippen molar-refractivity contribution in [1.29, 1.82) is 0 Å². The summed E-state index contributed by atoms with van der Waals surface area (Å²) in [6, 6.07) is 11.5. The van der Waals surface area contributed by atoms with Crippen molar-refractivity contribution in [3.05, 3.63) is 64.5 Å². The molecular weight excluding hydrogens is 277 g/mol. The first-order valence-electron chi connectivity index (χ1n) is 5.98. The molecule has 104 valence electrons. The van der Waals surface area contributed by atoms with Gasteiger partial charge in [0.05, 0.1) is 4.92 Å². The fourth-order valence-electron chi connectivity index (χ4n) is 1.78. The molecule has 0 bridgehead atoms. The fourth-order valence-corrected chi connectivity index (χ4v) is 1.78. The number of halogens is 1. The van der Waals surface area contributed by atoms with E-state index in [1.807, 2.05) is 0 Å². The lowest BCUT2D eigenvalue weighted by atomic mass is 10.2. The van der Waals surface area contributed by atoms with Gasteiger partial charge < -0.3 is 4.52 Å². The first kappa shape index (κ1) is 12.9. The van der Waals surface area contributed by atoms with Gasteiger partial charge in [-0.2, -0.15) is 4.98 Å². The molecule has 21 heavy (non-hydrogen) atoms. The van der Waals surface area contributed by atoms with E-state index in [1.165, 1.54) is 36.4 Å². The summed E-state index contributed by atoms with van der Waals surface area (Å²) >= 11 is 0. The second-order valence-electron chi connectivity index (χ2n) is 4.23. The smallest absolute Gasteiger partial charge is 0.269 e. The van der Waals surface area contributed by atoms with Crippen LogP contribution in [-0.4, -0.2) is 15.1 Å². The number of hydrogen-bond acceptors (Lipinski definition) is 5. The number of aromatic nitrogens is 2. The molecule has 0 saturated heterocycles. The van der Waals surface area contributed by atoms with E-state index < -0.39 is 4.92 Å². The number of nitro groups is 1. The highest BCUT2D eigenvalue weighted by atomic mass is 19.1. The minimum Gasteiger partial charge on any atom is -0.334 e. The van der Waals surface area contributed by atoms with Gasteiger partial charge in [-0.1, -0.05) is 5.16 Å². The van der Waals surface area contributed by atoms with Gasteiger partial charge in [-0.15, -0.1) is 0 Å². The van der Waals surface area contributed by atoms with Crippen molar-refractivity contribution < 1.29 is 13.8 Å². The minimum atomic E-state index is -0.485. The molecule has 0 unspecified atom stereocenters. The summed E-state index contributed by atoms with van der Waals surface area (Å²) in [5.74, 6) is 0.213. The fraction of sp³-hybridized carbons (Fsp3) is 0. The molecule has 3 rings (SSSR count). The van der Waals surface area contributed by atoms with Crippen LogP contribution in [0.1, 0.15) is 0 Å². The number of nitro benzene ring substituents is 1. The zero-order chi connectivity index (χ0) is 14.8. The largest absolute Gasteiger partial charge is 0.334 e. The van der Waals surface area contributed by atoms with Gasteiger partial charge in [0.1, 0.15) is 5.82 Å². The summed E-state index contributed by atoms with van der Waals surface area (Å²) in [6.07, 6.45) is 0. The molecule has 0 spiro atoms. The average Bonchev–Trinajstić information content (AvgIpc) is 2.98. The van der Waals surface area contributed by atoms with Crippen molar-refractivity contribution in [3.63, 3.8) is 0 Å². The first-order valence-corrected chi connectivity index (χ1v) is 5.98. The van der Waals surface area contributed by atoms with E-state index in [0.717, 1.165) is 0 Å². The van der Waals surface area contributed by atoms with Crippen LogP contribution in [0.4, 0.5) is 10.1 Å². The van der Waals surface area contributed by atoms with Crippen molar-refractivity contribution >= 4 is 5.69 Å². The van der Waals surface area contributed by atoms with E-state index in [0.29, 0.717) is 17.0 Å². The molecule has 0 radical (unpaired) electrons. The van der Waals surface area contributed by atoms with Crippen LogP contribution in [0.15, 0.2) is 53.1 Å². The second-order valence-corrected chi connectivity index (χ2v) is 4.23. The average molecular weight is 285 g/mol. The third kappa shape index (κ3) is 2.62. The molecule has 0 saturated carbocycles. The molecular formula is C14H8FN3O3. The molecule has 0 amide bonds. The lowest BCUT2D eigenvalue weighted by molar-refractivity contribution is -0.384. The Morgan fingerprint density at radius 1 is 1.00 bits per heavy atom. The number of non-ortho nitro benzene ring substituents is 1. The first-order chi connectivity index (χ1) is 10.1. The quantitative estimate of drug-likeness (QED) is 0.543. The summed E-state index contributed by atoms with van der Waals surface area (Å²) in [6.45, 7) is 0. The normalized spacial score (nSPS) is 10.5. The van der Waals surface area contributed by atoms with E-state index in [9.17, 15) is 14.5 Å². The van der Waals surface area contributed by atoms with Crippen molar-refractivity contribution in [1.82, 2.24) is 10.1 Å². The minimum absolute atomic E-state index is 0.0166. The van der Waals surface area contributed by atoms with Gasteiger partial charge in [-0.25, -0.2) is 4.39 Å². The monoisotopic (exact) mass is 285 g/mol. The van der Waals surface area contributed by atoms with Crippen molar-refractivity contribution in [3.8, 4) is 22.8 Å². The van der Waals surface area contributed by atoms with Gasteiger partial charge in [0.25, 0.3) is 11.6 Å². The predicted octanol–water partition coefficient (Wildman–Crippen LogP) is 3.45. The van der Waals surface area contributed by atoms with Crippen molar-refractivity contribution in [2.45, 2.75) is 0 Å². The topological polar surface area (TPSA) is 82.1 Å². The molecule has 7 heteroatoms. The highest BCUT2D eigenvalue weighted by Crippen LogP contribution is 2.24. The van der Waals surface area contributed by atoms with E-state index >= 15 is 0 Å². The Bertz CT molecular complexity index is 782. The summed E-state index contributed by atoms with van der Waals surface area (Å²) < 4.78 is 18.0. The molecule has 0 N–H and O–H groups in total. The van der Waals surface area contributed by atoms with Crippen LogP contribution in [0.2, 0.25) is 0 Å². The molecule has 3 aromatic rings. The standard InChI is InChI=1S/C14H8FN3O3/c15-11-5-1-9(2-6-11)13-16-14(21-17-13)10-3-7-12(8-4-10)18(19)20/h1-8H. The maximum atomic E-state index is 12.9.